The van der Waals surface area contributed by atoms with E-state index in [-0.39, 0.29) is 18.4 Å². The first-order chi connectivity index (χ1) is 12.9. The van der Waals surface area contributed by atoms with Crippen molar-refractivity contribution in [2.24, 2.45) is 0 Å². The van der Waals surface area contributed by atoms with E-state index in [9.17, 15) is 9.59 Å². The minimum Gasteiger partial charge on any atom is -0.356 e. The lowest BCUT2D eigenvalue weighted by Crippen LogP contribution is -2.53. The second-order valence-corrected chi connectivity index (χ2v) is 6.86. The van der Waals surface area contributed by atoms with Crippen LogP contribution in [0.4, 0.5) is 0 Å². The number of carbonyl (C=O) groups is 2. The summed E-state index contributed by atoms with van der Waals surface area (Å²) in [5.41, 5.74) is 1.95. The Morgan fingerprint density at radius 2 is 2.11 bits per heavy atom. The third kappa shape index (κ3) is 3.73. The van der Waals surface area contributed by atoms with Gasteiger partial charge in [0.25, 0.3) is 5.91 Å². The molecule has 2 amide bonds. The number of rotatable bonds is 5. The van der Waals surface area contributed by atoms with Crippen molar-refractivity contribution < 1.29 is 14.3 Å². The van der Waals surface area contributed by atoms with E-state index in [1.54, 1.807) is 30.1 Å². The Balaban J connectivity index is 1.86. The average Bonchev–Trinajstić information content (AvgIpc) is 3.11. The molecule has 1 aromatic heterocycles. The van der Waals surface area contributed by atoms with Gasteiger partial charge in [0, 0.05) is 33.0 Å². The normalized spacial score (nSPS) is 20.0. The number of morpholine rings is 1. The van der Waals surface area contributed by atoms with Crippen LogP contribution in [-0.2, 0) is 27.4 Å². The fraction of sp³-hybridized carbons (Fsp3) is 0.450. The molecule has 1 aliphatic heterocycles. The second-order valence-electron chi connectivity index (χ2n) is 6.86. The molecule has 3 rings (SSSR count). The number of hydrogen-bond donors (Lipinski definition) is 0. The number of ether oxygens (including phenoxy) is 1. The molecule has 0 radical (unpaired) electrons. The summed E-state index contributed by atoms with van der Waals surface area (Å²) in [6, 6.07) is 7.33. The van der Waals surface area contributed by atoms with Gasteiger partial charge >= 0.3 is 0 Å². The number of likely N-dealkylation sites (N-methyl/N-ethyl adjacent to an activating group) is 2. The van der Waals surface area contributed by atoms with Crippen LogP contribution < -0.4 is 0 Å². The Kier molecular flexibility index (Phi) is 5.60. The highest BCUT2D eigenvalue weighted by Gasteiger charge is 2.41. The van der Waals surface area contributed by atoms with Gasteiger partial charge in [-0.3, -0.25) is 9.59 Å². The summed E-state index contributed by atoms with van der Waals surface area (Å²) in [4.78, 5) is 33.0. The van der Waals surface area contributed by atoms with Crippen molar-refractivity contribution in [3.63, 3.8) is 0 Å². The average molecular weight is 370 g/mol. The summed E-state index contributed by atoms with van der Waals surface area (Å²) in [5, 5.41) is 0. The number of benzene rings is 1. The van der Waals surface area contributed by atoms with Crippen LogP contribution in [-0.4, -0.2) is 58.0 Å². The van der Waals surface area contributed by atoms with Crippen molar-refractivity contribution in [2.45, 2.75) is 39.1 Å². The van der Waals surface area contributed by atoms with Crippen LogP contribution in [0.3, 0.4) is 0 Å². The Hall–Kier alpha value is -2.67. The quantitative estimate of drug-likeness (QED) is 0.804. The van der Waals surface area contributed by atoms with Gasteiger partial charge in [-0.1, -0.05) is 24.3 Å². The summed E-state index contributed by atoms with van der Waals surface area (Å²) >= 11 is 0. The molecule has 1 aliphatic rings. The number of aryl methyl sites for hydroxylation is 2. The topological polar surface area (TPSA) is 67.7 Å². The molecule has 0 spiro atoms. The second kappa shape index (κ2) is 7.92. The molecular weight excluding hydrogens is 344 g/mol. The minimum atomic E-state index is -0.746. The molecule has 0 unspecified atom stereocenters. The van der Waals surface area contributed by atoms with Gasteiger partial charge in [-0.05, 0) is 25.0 Å². The third-order valence-corrected chi connectivity index (χ3v) is 5.13. The van der Waals surface area contributed by atoms with Crippen LogP contribution >= 0.6 is 0 Å². The van der Waals surface area contributed by atoms with Gasteiger partial charge in [0.2, 0.25) is 5.91 Å². The molecule has 144 valence electrons. The highest BCUT2D eigenvalue weighted by Crippen LogP contribution is 2.32. The smallest absolute Gasteiger partial charge is 0.254 e. The Morgan fingerprint density at radius 1 is 1.37 bits per heavy atom. The van der Waals surface area contributed by atoms with E-state index in [0.717, 1.165) is 23.5 Å². The molecule has 1 fully saturated rings. The van der Waals surface area contributed by atoms with Crippen molar-refractivity contribution in [3.8, 4) is 0 Å². The van der Waals surface area contributed by atoms with E-state index in [1.165, 1.54) is 0 Å². The fourth-order valence-corrected chi connectivity index (χ4v) is 3.50. The van der Waals surface area contributed by atoms with Crippen LogP contribution in [0.25, 0.3) is 0 Å². The molecule has 2 atom stereocenters. The third-order valence-electron chi connectivity index (χ3n) is 5.13. The van der Waals surface area contributed by atoms with Crippen LogP contribution in [0.1, 0.15) is 29.9 Å². The Labute approximate surface area is 159 Å². The number of amides is 2. The number of imidazole rings is 1. The molecule has 1 aromatic carbocycles. The first kappa shape index (κ1) is 19.1. The fourth-order valence-electron chi connectivity index (χ4n) is 3.50. The molecule has 0 saturated carbocycles. The number of nitrogens with zero attached hydrogens (tertiary/aromatic N) is 4. The lowest BCUT2D eigenvalue weighted by atomic mass is 9.93. The van der Waals surface area contributed by atoms with Crippen LogP contribution in [0, 0.1) is 6.92 Å². The van der Waals surface area contributed by atoms with Gasteiger partial charge in [-0.2, -0.15) is 0 Å². The molecule has 2 heterocycles. The van der Waals surface area contributed by atoms with Crippen molar-refractivity contribution in [1.82, 2.24) is 19.4 Å². The Morgan fingerprint density at radius 3 is 2.81 bits per heavy atom. The summed E-state index contributed by atoms with van der Waals surface area (Å²) < 4.78 is 7.73. The predicted octanol–water partition coefficient (Wildman–Crippen LogP) is 1.77. The lowest BCUT2D eigenvalue weighted by molar-refractivity contribution is -0.167. The van der Waals surface area contributed by atoms with E-state index in [2.05, 4.69) is 4.98 Å². The number of carbonyl (C=O) groups excluding carboxylic acids is 2. The molecule has 7 heteroatoms. The predicted molar refractivity (Wildman–Crippen MR) is 101 cm³/mol. The SMILES string of the molecule is CCn1ccnc1CN(C)C(=O)[C@H]1OCC(=O)N(C)[C@@H]1c1ccccc1C. The molecule has 1 saturated heterocycles. The van der Waals surface area contributed by atoms with Gasteiger partial charge < -0.3 is 19.1 Å². The molecular formula is C20H26N4O3. The van der Waals surface area contributed by atoms with Gasteiger partial charge in [-0.25, -0.2) is 4.98 Å². The zero-order valence-corrected chi connectivity index (χ0v) is 16.3. The molecule has 2 aromatic rings. The van der Waals surface area contributed by atoms with E-state index < -0.39 is 12.1 Å². The minimum absolute atomic E-state index is 0.0906. The van der Waals surface area contributed by atoms with Gasteiger partial charge in [-0.15, -0.1) is 0 Å². The van der Waals surface area contributed by atoms with Crippen LogP contribution in [0.5, 0.6) is 0 Å². The Bertz CT molecular complexity index is 832. The molecule has 0 N–H and O–H groups in total. The zero-order chi connectivity index (χ0) is 19.6. The summed E-state index contributed by atoms with van der Waals surface area (Å²) in [7, 11) is 3.47. The van der Waals surface area contributed by atoms with Gasteiger partial charge in [0.15, 0.2) is 6.10 Å². The maximum absolute atomic E-state index is 13.2. The largest absolute Gasteiger partial charge is 0.356 e. The van der Waals surface area contributed by atoms with Crippen molar-refractivity contribution in [3.05, 3.63) is 53.6 Å². The summed E-state index contributed by atoms with van der Waals surface area (Å²) in [5.74, 6) is 0.533. The molecule has 0 bridgehead atoms. The van der Waals surface area contributed by atoms with E-state index >= 15 is 0 Å². The maximum atomic E-state index is 13.2. The monoisotopic (exact) mass is 370 g/mol. The first-order valence-corrected chi connectivity index (χ1v) is 9.11. The first-order valence-electron chi connectivity index (χ1n) is 9.11. The maximum Gasteiger partial charge on any atom is 0.254 e. The van der Waals surface area contributed by atoms with E-state index in [4.69, 9.17) is 4.74 Å². The molecule has 7 nitrogen and oxygen atoms in total. The van der Waals surface area contributed by atoms with Crippen LogP contribution in [0.15, 0.2) is 36.7 Å². The summed E-state index contributed by atoms with van der Waals surface area (Å²) in [6.07, 6.45) is 2.88. The van der Waals surface area contributed by atoms with Gasteiger partial charge in [0.05, 0.1) is 12.6 Å². The van der Waals surface area contributed by atoms with E-state index in [1.807, 2.05) is 48.9 Å². The van der Waals surface area contributed by atoms with E-state index in [0.29, 0.717) is 6.54 Å². The summed E-state index contributed by atoms with van der Waals surface area (Å²) in [6.45, 7) is 5.10. The molecule has 0 aliphatic carbocycles. The number of aromatic nitrogens is 2. The van der Waals surface area contributed by atoms with Crippen LogP contribution in [0.2, 0.25) is 0 Å². The van der Waals surface area contributed by atoms with Gasteiger partial charge in [0.1, 0.15) is 12.4 Å². The highest BCUT2D eigenvalue weighted by molar-refractivity contribution is 5.86. The number of hydrogen-bond acceptors (Lipinski definition) is 4. The zero-order valence-electron chi connectivity index (χ0n) is 16.3. The standard InChI is InChI=1S/C20H26N4O3/c1-5-24-11-10-21-16(24)12-22(3)20(26)19-18(23(4)17(25)13-27-19)15-9-7-6-8-14(15)2/h6-11,18-19H,5,12-13H2,1-4H3/t18-,19+/m1/s1. The highest BCUT2D eigenvalue weighted by atomic mass is 16.5. The molecule has 27 heavy (non-hydrogen) atoms. The van der Waals surface area contributed by atoms with Crippen molar-refractivity contribution >= 4 is 11.8 Å². The van der Waals surface area contributed by atoms with Crippen molar-refractivity contribution in [2.75, 3.05) is 20.7 Å². The lowest BCUT2D eigenvalue weighted by Gasteiger charge is -2.40. The van der Waals surface area contributed by atoms with Crippen molar-refractivity contribution in [1.29, 1.82) is 0 Å².